The van der Waals surface area contributed by atoms with Gasteiger partial charge in [-0.2, -0.15) is 13.2 Å². The molecule has 0 saturated heterocycles. The van der Waals surface area contributed by atoms with Crippen molar-refractivity contribution in [3.63, 3.8) is 0 Å². The van der Waals surface area contributed by atoms with Crippen LogP contribution in [0.25, 0.3) is 11.1 Å². The first-order valence-corrected chi connectivity index (χ1v) is 7.33. The molecule has 3 aromatic rings. The first kappa shape index (κ1) is 16.8. The van der Waals surface area contributed by atoms with Gasteiger partial charge in [0.05, 0.1) is 5.56 Å². The zero-order valence-corrected chi connectivity index (χ0v) is 12.8. The normalized spacial score (nSPS) is 11.4. The second kappa shape index (κ2) is 6.47. The van der Waals surface area contributed by atoms with Crippen LogP contribution in [0.1, 0.15) is 5.56 Å². The lowest BCUT2D eigenvalue weighted by molar-refractivity contribution is -0.137. The van der Waals surface area contributed by atoms with E-state index in [0.717, 1.165) is 12.1 Å². The van der Waals surface area contributed by atoms with Crippen LogP contribution in [-0.4, -0.2) is 0 Å². The van der Waals surface area contributed by atoms with Crippen molar-refractivity contribution in [3.05, 3.63) is 78.1 Å². The minimum atomic E-state index is -4.45. The summed E-state index contributed by atoms with van der Waals surface area (Å²) in [6.45, 7) is 0. The number of ether oxygens (including phenoxy) is 1. The van der Waals surface area contributed by atoms with E-state index in [-0.39, 0.29) is 11.5 Å². The standard InChI is InChI=1S/C19H13F4NO/c20-14-5-2-6-16(10-14)25-18-11-15(24)7-8-17(18)12-3-1-4-13(9-12)19(21,22)23/h1-11H,24H2. The van der Waals surface area contributed by atoms with Gasteiger partial charge in [-0.25, -0.2) is 4.39 Å². The molecule has 0 amide bonds. The number of nitrogens with two attached hydrogens (primary N) is 1. The molecule has 25 heavy (non-hydrogen) atoms. The summed E-state index contributed by atoms with van der Waals surface area (Å²) in [5.41, 5.74) is 6.11. The van der Waals surface area contributed by atoms with Gasteiger partial charge in [-0.15, -0.1) is 0 Å². The van der Waals surface area contributed by atoms with E-state index in [1.807, 2.05) is 0 Å². The van der Waals surface area contributed by atoms with Crippen molar-refractivity contribution >= 4 is 5.69 Å². The number of rotatable bonds is 3. The molecular formula is C19H13F4NO. The largest absolute Gasteiger partial charge is 0.457 e. The average molecular weight is 347 g/mol. The SMILES string of the molecule is Nc1ccc(-c2cccc(C(F)(F)F)c2)c(Oc2cccc(F)c2)c1. The maximum atomic E-state index is 13.3. The van der Waals surface area contributed by atoms with E-state index in [1.165, 1.54) is 30.3 Å². The summed E-state index contributed by atoms with van der Waals surface area (Å²) < 4.78 is 57.8. The maximum absolute atomic E-state index is 13.3. The highest BCUT2D eigenvalue weighted by atomic mass is 19.4. The predicted octanol–water partition coefficient (Wildman–Crippen LogP) is 5.89. The van der Waals surface area contributed by atoms with Crippen molar-refractivity contribution in [1.82, 2.24) is 0 Å². The minimum absolute atomic E-state index is 0.221. The fourth-order valence-electron chi connectivity index (χ4n) is 2.38. The highest BCUT2D eigenvalue weighted by molar-refractivity contribution is 5.74. The number of anilines is 1. The van der Waals surface area contributed by atoms with Gasteiger partial charge >= 0.3 is 6.18 Å². The van der Waals surface area contributed by atoms with Gasteiger partial charge in [0.15, 0.2) is 0 Å². The van der Waals surface area contributed by atoms with Crippen LogP contribution in [0, 0.1) is 5.82 Å². The van der Waals surface area contributed by atoms with E-state index in [1.54, 1.807) is 24.3 Å². The summed E-state index contributed by atoms with van der Waals surface area (Å²) >= 11 is 0. The third-order valence-corrected chi connectivity index (χ3v) is 3.53. The molecule has 0 fully saturated rings. The van der Waals surface area contributed by atoms with Gasteiger partial charge < -0.3 is 10.5 Å². The zero-order chi connectivity index (χ0) is 18.0. The number of benzene rings is 3. The van der Waals surface area contributed by atoms with Crippen LogP contribution in [0.2, 0.25) is 0 Å². The first-order chi connectivity index (χ1) is 11.8. The number of alkyl halides is 3. The highest BCUT2D eigenvalue weighted by Crippen LogP contribution is 2.38. The predicted molar refractivity (Wildman–Crippen MR) is 87.8 cm³/mol. The molecule has 0 atom stereocenters. The lowest BCUT2D eigenvalue weighted by atomic mass is 10.0. The molecule has 0 aliphatic heterocycles. The Labute approximate surface area is 141 Å². The van der Waals surface area contributed by atoms with E-state index < -0.39 is 17.6 Å². The molecule has 2 nitrogen and oxygen atoms in total. The molecule has 0 aliphatic rings. The molecule has 3 rings (SSSR count). The number of hydrogen-bond donors (Lipinski definition) is 1. The van der Waals surface area contributed by atoms with Gasteiger partial charge in [0.2, 0.25) is 0 Å². The Hall–Kier alpha value is -3.02. The molecule has 3 aromatic carbocycles. The summed E-state index contributed by atoms with van der Waals surface area (Å²) in [5, 5.41) is 0. The molecular weight excluding hydrogens is 334 g/mol. The molecule has 128 valence electrons. The van der Waals surface area contributed by atoms with Crippen LogP contribution in [0.5, 0.6) is 11.5 Å². The fraction of sp³-hybridized carbons (Fsp3) is 0.0526. The molecule has 0 aromatic heterocycles. The van der Waals surface area contributed by atoms with Gasteiger partial charge in [0, 0.05) is 23.4 Å². The maximum Gasteiger partial charge on any atom is 0.416 e. The second-order valence-corrected chi connectivity index (χ2v) is 5.39. The molecule has 0 aliphatic carbocycles. The van der Waals surface area contributed by atoms with Crippen LogP contribution < -0.4 is 10.5 Å². The highest BCUT2D eigenvalue weighted by Gasteiger charge is 2.30. The Morgan fingerprint density at radius 1 is 0.840 bits per heavy atom. The molecule has 6 heteroatoms. The summed E-state index contributed by atoms with van der Waals surface area (Å²) in [6.07, 6.45) is -4.45. The van der Waals surface area contributed by atoms with Crippen LogP contribution in [0.3, 0.4) is 0 Å². The van der Waals surface area contributed by atoms with Crippen LogP contribution in [0.4, 0.5) is 23.2 Å². The number of halogens is 4. The summed E-state index contributed by atoms with van der Waals surface area (Å²) in [7, 11) is 0. The Morgan fingerprint density at radius 2 is 1.60 bits per heavy atom. The van der Waals surface area contributed by atoms with Crippen LogP contribution in [0.15, 0.2) is 66.7 Å². The lowest BCUT2D eigenvalue weighted by Gasteiger charge is -2.14. The quantitative estimate of drug-likeness (QED) is 0.474. The van der Waals surface area contributed by atoms with Crippen molar-refractivity contribution in [2.45, 2.75) is 6.18 Å². The van der Waals surface area contributed by atoms with E-state index in [4.69, 9.17) is 10.5 Å². The fourth-order valence-corrected chi connectivity index (χ4v) is 2.38. The van der Waals surface area contributed by atoms with Gasteiger partial charge in [-0.3, -0.25) is 0 Å². The van der Waals surface area contributed by atoms with Crippen molar-refractivity contribution < 1.29 is 22.3 Å². The third-order valence-electron chi connectivity index (χ3n) is 3.53. The Balaban J connectivity index is 2.05. The van der Waals surface area contributed by atoms with Gasteiger partial charge in [0.25, 0.3) is 0 Å². The molecule has 0 heterocycles. The minimum Gasteiger partial charge on any atom is -0.457 e. The van der Waals surface area contributed by atoms with Gasteiger partial charge in [0.1, 0.15) is 17.3 Å². The molecule has 0 spiro atoms. The van der Waals surface area contributed by atoms with Gasteiger partial charge in [-0.05, 0) is 42.0 Å². The summed E-state index contributed by atoms with van der Waals surface area (Å²) in [5.74, 6) is -0.0224. The summed E-state index contributed by atoms with van der Waals surface area (Å²) in [6, 6.07) is 15.0. The summed E-state index contributed by atoms with van der Waals surface area (Å²) in [4.78, 5) is 0. The van der Waals surface area contributed by atoms with Crippen molar-refractivity contribution in [2.75, 3.05) is 5.73 Å². The second-order valence-electron chi connectivity index (χ2n) is 5.39. The van der Waals surface area contributed by atoms with Crippen molar-refractivity contribution in [3.8, 4) is 22.6 Å². The number of nitrogen functional groups attached to an aromatic ring is 1. The zero-order valence-electron chi connectivity index (χ0n) is 12.8. The van der Waals surface area contributed by atoms with E-state index in [9.17, 15) is 17.6 Å². The van der Waals surface area contributed by atoms with E-state index >= 15 is 0 Å². The lowest BCUT2D eigenvalue weighted by Crippen LogP contribution is -2.04. The van der Waals surface area contributed by atoms with Gasteiger partial charge in [-0.1, -0.05) is 18.2 Å². The smallest absolute Gasteiger partial charge is 0.416 e. The van der Waals surface area contributed by atoms with E-state index in [0.29, 0.717) is 16.8 Å². The van der Waals surface area contributed by atoms with Crippen LogP contribution >= 0.6 is 0 Å². The first-order valence-electron chi connectivity index (χ1n) is 7.33. The third kappa shape index (κ3) is 3.91. The molecule has 0 radical (unpaired) electrons. The molecule has 0 unspecified atom stereocenters. The topological polar surface area (TPSA) is 35.2 Å². The van der Waals surface area contributed by atoms with E-state index in [2.05, 4.69) is 0 Å². The van der Waals surface area contributed by atoms with Crippen LogP contribution in [-0.2, 0) is 6.18 Å². The molecule has 0 saturated carbocycles. The molecule has 2 N–H and O–H groups in total. The Bertz CT molecular complexity index is 906. The molecule has 0 bridgehead atoms. The Kier molecular flexibility index (Phi) is 4.35. The van der Waals surface area contributed by atoms with Crippen molar-refractivity contribution in [2.24, 2.45) is 0 Å². The monoisotopic (exact) mass is 347 g/mol. The Morgan fingerprint density at radius 3 is 2.32 bits per heavy atom. The average Bonchev–Trinajstić information content (AvgIpc) is 2.54. The number of hydrogen-bond acceptors (Lipinski definition) is 2. The van der Waals surface area contributed by atoms with Crippen molar-refractivity contribution in [1.29, 1.82) is 0 Å².